The van der Waals surface area contributed by atoms with Gasteiger partial charge in [0.1, 0.15) is 6.61 Å². The molecule has 0 N–H and O–H groups in total. The van der Waals surface area contributed by atoms with E-state index in [1.807, 2.05) is 24.3 Å². The van der Waals surface area contributed by atoms with E-state index in [1.54, 1.807) is 4.90 Å². The molecule has 23 heavy (non-hydrogen) atoms. The second-order valence-electron chi connectivity index (χ2n) is 6.04. The van der Waals surface area contributed by atoms with E-state index in [0.717, 1.165) is 38.3 Å². The van der Waals surface area contributed by atoms with Gasteiger partial charge >= 0.3 is 6.09 Å². The van der Waals surface area contributed by atoms with Gasteiger partial charge in [-0.15, -0.1) is 0 Å². The third-order valence-electron chi connectivity index (χ3n) is 4.27. The van der Waals surface area contributed by atoms with Crippen molar-refractivity contribution in [3.63, 3.8) is 0 Å². The summed E-state index contributed by atoms with van der Waals surface area (Å²) in [5.41, 5.74) is 0.845. The van der Waals surface area contributed by atoms with Gasteiger partial charge in [0, 0.05) is 36.8 Å². The topological polar surface area (TPSA) is 32.8 Å². The molecular weight excluding hydrogens is 312 g/mol. The average Bonchev–Trinajstić information content (AvgIpc) is 2.58. The van der Waals surface area contributed by atoms with Crippen molar-refractivity contribution in [3.8, 4) is 0 Å². The maximum absolute atomic E-state index is 12.1. The normalized spacial score (nSPS) is 15.7. The second kappa shape index (κ2) is 9.78. The van der Waals surface area contributed by atoms with Crippen LogP contribution in [0.25, 0.3) is 0 Å². The van der Waals surface area contributed by atoms with Crippen LogP contribution in [0.2, 0.25) is 5.02 Å². The molecule has 0 unspecified atom stereocenters. The van der Waals surface area contributed by atoms with Crippen molar-refractivity contribution in [2.45, 2.75) is 39.2 Å². The summed E-state index contributed by atoms with van der Waals surface area (Å²) >= 11 is 6.07. The SMILES string of the molecule is CCCCCCN1CCN(C(=O)OCc2ccccc2Cl)CC1. The molecule has 0 atom stereocenters. The first-order valence-electron chi connectivity index (χ1n) is 8.58. The summed E-state index contributed by atoms with van der Waals surface area (Å²) in [6.45, 7) is 6.97. The van der Waals surface area contributed by atoms with Crippen molar-refractivity contribution in [3.05, 3.63) is 34.9 Å². The molecule has 4 nitrogen and oxygen atoms in total. The molecule has 2 rings (SSSR count). The van der Waals surface area contributed by atoms with Gasteiger partial charge in [0.15, 0.2) is 0 Å². The summed E-state index contributed by atoms with van der Waals surface area (Å²) < 4.78 is 5.38. The van der Waals surface area contributed by atoms with Crippen LogP contribution in [0.3, 0.4) is 0 Å². The van der Waals surface area contributed by atoms with Crippen LogP contribution >= 0.6 is 11.6 Å². The Bertz CT molecular complexity index is 488. The van der Waals surface area contributed by atoms with Gasteiger partial charge in [-0.05, 0) is 19.0 Å². The molecule has 1 aromatic carbocycles. The van der Waals surface area contributed by atoms with Crippen LogP contribution in [-0.2, 0) is 11.3 Å². The number of hydrogen-bond acceptors (Lipinski definition) is 3. The number of hydrogen-bond donors (Lipinski definition) is 0. The molecule has 128 valence electrons. The molecular formula is C18H27ClN2O2. The largest absolute Gasteiger partial charge is 0.444 e. The van der Waals surface area contributed by atoms with E-state index in [9.17, 15) is 4.79 Å². The molecule has 0 spiro atoms. The van der Waals surface area contributed by atoms with Crippen LogP contribution < -0.4 is 0 Å². The minimum Gasteiger partial charge on any atom is -0.444 e. The molecule has 0 bridgehead atoms. The zero-order valence-corrected chi connectivity index (χ0v) is 14.7. The summed E-state index contributed by atoms with van der Waals surface area (Å²) in [4.78, 5) is 16.4. The number of ether oxygens (including phenoxy) is 1. The summed E-state index contributed by atoms with van der Waals surface area (Å²) in [5, 5.41) is 0.636. The average molecular weight is 339 g/mol. The first kappa shape index (κ1) is 18.1. The summed E-state index contributed by atoms with van der Waals surface area (Å²) in [6.07, 6.45) is 4.90. The molecule has 1 aliphatic rings. The number of carbonyl (C=O) groups is 1. The molecule has 5 heteroatoms. The van der Waals surface area contributed by atoms with Crippen molar-refractivity contribution in [1.29, 1.82) is 0 Å². The van der Waals surface area contributed by atoms with Gasteiger partial charge in [-0.2, -0.15) is 0 Å². The minimum atomic E-state index is -0.240. The van der Waals surface area contributed by atoms with E-state index in [-0.39, 0.29) is 12.7 Å². The Morgan fingerprint density at radius 1 is 1.13 bits per heavy atom. The molecule has 0 saturated carbocycles. The predicted octanol–water partition coefficient (Wildman–Crippen LogP) is 4.17. The van der Waals surface area contributed by atoms with Gasteiger partial charge in [0.05, 0.1) is 0 Å². The first-order valence-corrected chi connectivity index (χ1v) is 8.96. The predicted molar refractivity (Wildman–Crippen MR) is 93.8 cm³/mol. The molecule has 1 amide bonds. The second-order valence-corrected chi connectivity index (χ2v) is 6.44. The van der Waals surface area contributed by atoms with Crippen LogP contribution in [0.4, 0.5) is 4.79 Å². The van der Waals surface area contributed by atoms with E-state index < -0.39 is 0 Å². The number of rotatable bonds is 7. The van der Waals surface area contributed by atoms with E-state index in [1.165, 1.54) is 25.7 Å². The number of unbranched alkanes of at least 4 members (excludes halogenated alkanes) is 3. The van der Waals surface area contributed by atoms with Crippen molar-refractivity contribution < 1.29 is 9.53 Å². The highest BCUT2D eigenvalue weighted by Crippen LogP contribution is 2.16. The fourth-order valence-electron chi connectivity index (χ4n) is 2.76. The Morgan fingerprint density at radius 2 is 1.87 bits per heavy atom. The summed E-state index contributed by atoms with van der Waals surface area (Å²) in [6, 6.07) is 7.45. The van der Waals surface area contributed by atoms with Crippen LogP contribution in [0.5, 0.6) is 0 Å². The molecule has 1 aliphatic heterocycles. The lowest BCUT2D eigenvalue weighted by Crippen LogP contribution is -2.48. The number of halogens is 1. The first-order chi connectivity index (χ1) is 11.2. The molecule has 1 heterocycles. The Morgan fingerprint density at radius 3 is 2.57 bits per heavy atom. The maximum atomic E-state index is 12.1. The van der Waals surface area contributed by atoms with Crippen molar-refractivity contribution in [2.75, 3.05) is 32.7 Å². The van der Waals surface area contributed by atoms with Crippen molar-refractivity contribution in [1.82, 2.24) is 9.80 Å². The number of amides is 1. The van der Waals surface area contributed by atoms with Gasteiger partial charge in [-0.25, -0.2) is 4.79 Å². The lowest BCUT2D eigenvalue weighted by Gasteiger charge is -2.34. The van der Waals surface area contributed by atoms with E-state index in [2.05, 4.69) is 11.8 Å². The van der Waals surface area contributed by atoms with Crippen molar-refractivity contribution in [2.24, 2.45) is 0 Å². The van der Waals surface area contributed by atoms with Crippen LogP contribution in [-0.4, -0.2) is 48.6 Å². The minimum absolute atomic E-state index is 0.232. The standard InChI is InChI=1S/C18H27ClN2O2/c1-2-3-4-7-10-20-11-13-21(14-12-20)18(22)23-15-16-8-5-6-9-17(16)19/h5-6,8-9H,2-4,7,10-15H2,1H3. The fourth-order valence-corrected chi connectivity index (χ4v) is 2.95. The highest BCUT2D eigenvalue weighted by molar-refractivity contribution is 6.31. The van der Waals surface area contributed by atoms with Gasteiger partial charge < -0.3 is 9.64 Å². The monoisotopic (exact) mass is 338 g/mol. The molecule has 0 aliphatic carbocycles. The quantitative estimate of drug-likeness (QED) is 0.699. The lowest BCUT2D eigenvalue weighted by molar-refractivity contribution is 0.0713. The van der Waals surface area contributed by atoms with E-state index >= 15 is 0 Å². The number of piperazine rings is 1. The number of benzene rings is 1. The van der Waals surface area contributed by atoms with Crippen LogP contribution in [0, 0.1) is 0 Å². The zero-order chi connectivity index (χ0) is 16.5. The lowest BCUT2D eigenvalue weighted by atomic mass is 10.2. The number of nitrogens with zero attached hydrogens (tertiary/aromatic N) is 2. The highest BCUT2D eigenvalue weighted by Gasteiger charge is 2.21. The van der Waals surface area contributed by atoms with Crippen LogP contribution in [0.1, 0.15) is 38.2 Å². The molecule has 1 aromatic rings. The fraction of sp³-hybridized carbons (Fsp3) is 0.611. The molecule has 1 saturated heterocycles. The van der Waals surface area contributed by atoms with Gasteiger partial charge in [0.2, 0.25) is 0 Å². The summed E-state index contributed by atoms with van der Waals surface area (Å²) in [7, 11) is 0. The molecule has 0 aromatic heterocycles. The molecule has 1 fully saturated rings. The maximum Gasteiger partial charge on any atom is 0.410 e. The van der Waals surface area contributed by atoms with Gasteiger partial charge in [-0.1, -0.05) is 56.0 Å². The van der Waals surface area contributed by atoms with E-state index in [0.29, 0.717) is 5.02 Å². The highest BCUT2D eigenvalue weighted by atomic mass is 35.5. The Balaban J connectivity index is 1.66. The van der Waals surface area contributed by atoms with Crippen LogP contribution in [0.15, 0.2) is 24.3 Å². The number of carbonyl (C=O) groups excluding carboxylic acids is 1. The Kier molecular flexibility index (Phi) is 7.69. The Labute approximate surface area is 144 Å². The zero-order valence-electron chi connectivity index (χ0n) is 14.0. The molecule has 0 radical (unpaired) electrons. The van der Waals surface area contributed by atoms with E-state index in [4.69, 9.17) is 16.3 Å². The third kappa shape index (κ3) is 6.04. The Hall–Kier alpha value is -1.26. The summed E-state index contributed by atoms with van der Waals surface area (Å²) in [5.74, 6) is 0. The van der Waals surface area contributed by atoms with Crippen molar-refractivity contribution >= 4 is 17.7 Å². The van der Waals surface area contributed by atoms with Gasteiger partial charge in [-0.3, -0.25) is 4.90 Å². The smallest absolute Gasteiger partial charge is 0.410 e. The third-order valence-corrected chi connectivity index (χ3v) is 4.64. The van der Waals surface area contributed by atoms with Gasteiger partial charge in [0.25, 0.3) is 0 Å².